The van der Waals surface area contributed by atoms with E-state index in [2.05, 4.69) is 40.2 Å². The summed E-state index contributed by atoms with van der Waals surface area (Å²) in [7, 11) is 3.97. The van der Waals surface area contributed by atoms with Crippen molar-refractivity contribution in [1.29, 1.82) is 0 Å². The Morgan fingerprint density at radius 3 is 2.76 bits per heavy atom. The predicted molar refractivity (Wildman–Crippen MR) is 91.4 cm³/mol. The highest BCUT2D eigenvalue weighted by Gasteiger charge is 2.16. The summed E-state index contributed by atoms with van der Waals surface area (Å²) in [6.07, 6.45) is 3.55. The number of aryl methyl sites for hydroxylation is 1. The molecule has 1 aliphatic heterocycles. The molecule has 0 saturated carbocycles. The van der Waals surface area contributed by atoms with Crippen LogP contribution in [0.5, 0.6) is 0 Å². The smallest absolute Gasteiger partial charge is 0.290 e. The molecule has 8 nitrogen and oxygen atoms in total. The second-order valence-electron chi connectivity index (χ2n) is 6.04. The number of fused-ring (bicyclic) bond motifs is 1. The van der Waals surface area contributed by atoms with E-state index in [4.69, 9.17) is 9.90 Å². The summed E-state index contributed by atoms with van der Waals surface area (Å²) in [6, 6.07) is 6.53. The van der Waals surface area contributed by atoms with Crippen molar-refractivity contribution in [2.45, 2.75) is 32.6 Å². The van der Waals surface area contributed by atoms with Gasteiger partial charge in [-0.15, -0.1) is 0 Å². The van der Waals surface area contributed by atoms with Crippen LogP contribution in [0.2, 0.25) is 0 Å². The molecule has 134 valence electrons. The van der Waals surface area contributed by atoms with E-state index in [9.17, 15) is 4.79 Å². The lowest BCUT2D eigenvalue weighted by molar-refractivity contribution is -0.130. The van der Waals surface area contributed by atoms with Gasteiger partial charge < -0.3 is 10.0 Å². The summed E-state index contributed by atoms with van der Waals surface area (Å²) >= 11 is 0. The quantitative estimate of drug-likeness (QED) is 0.812. The molecule has 0 atom stereocenters. The second kappa shape index (κ2) is 8.93. The molecular weight excluding hydrogens is 322 g/mol. The maximum Gasteiger partial charge on any atom is 0.290 e. The van der Waals surface area contributed by atoms with E-state index < -0.39 is 0 Å². The standard InChI is InChI=1S/C16H21N5O.CH2O2/c1-19-9-14-4-3-13(7-15(14)10-19)8-20(2)16(22)5-6-21-12-17-11-18-21;2-1-3/h3-4,7,11-12H,5-6,8-10H2,1-2H3;1H,(H,2,3). The van der Waals surface area contributed by atoms with Crippen LogP contribution in [0.1, 0.15) is 23.1 Å². The molecule has 25 heavy (non-hydrogen) atoms. The van der Waals surface area contributed by atoms with Gasteiger partial charge in [0.15, 0.2) is 0 Å². The molecular formula is C17H23N5O3. The minimum Gasteiger partial charge on any atom is -0.483 e. The maximum absolute atomic E-state index is 12.2. The summed E-state index contributed by atoms with van der Waals surface area (Å²) in [6.45, 7) is 2.97. The predicted octanol–water partition coefficient (Wildman–Crippen LogP) is 0.973. The number of aromatic nitrogens is 3. The Balaban J connectivity index is 0.000000701. The molecule has 1 aromatic carbocycles. The van der Waals surface area contributed by atoms with E-state index in [1.807, 2.05) is 7.05 Å². The van der Waals surface area contributed by atoms with Crippen LogP contribution in [-0.4, -0.2) is 56.1 Å². The Kier molecular flexibility index (Phi) is 6.64. The third kappa shape index (κ3) is 5.39. The molecule has 0 unspecified atom stereocenters. The Bertz CT molecular complexity index is 702. The van der Waals surface area contributed by atoms with Crippen LogP contribution in [-0.2, 0) is 35.8 Å². The Labute approximate surface area is 146 Å². The Morgan fingerprint density at radius 2 is 2.08 bits per heavy atom. The van der Waals surface area contributed by atoms with Crippen molar-refractivity contribution in [3.8, 4) is 0 Å². The minimum atomic E-state index is -0.250. The van der Waals surface area contributed by atoms with Crippen molar-refractivity contribution in [1.82, 2.24) is 24.6 Å². The van der Waals surface area contributed by atoms with Gasteiger partial charge in [0.1, 0.15) is 12.7 Å². The van der Waals surface area contributed by atoms with Gasteiger partial charge in [-0.2, -0.15) is 5.10 Å². The lowest BCUT2D eigenvalue weighted by Gasteiger charge is -2.17. The third-order valence-electron chi connectivity index (χ3n) is 4.02. The first-order valence-electron chi connectivity index (χ1n) is 7.97. The van der Waals surface area contributed by atoms with Crippen LogP contribution < -0.4 is 0 Å². The monoisotopic (exact) mass is 345 g/mol. The molecule has 0 radical (unpaired) electrons. The molecule has 3 rings (SSSR count). The number of hydrogen-bond acceptors (Lipinski definition) is 5. The van der Waals surface area contributed by atoms with Gasteiger partial charge in [-0.05, 0) is 23.7 Å². The van der Waals surface area contributed by atoms with Crippen molar-refractivity contribution in [3.05, 3.63) is 47.5 Å². The van der Waals surface area contributed by atoms with Gasteiger partial charge in [-0.25, -0.2) is 4.98 Å². The first kappa shape index (κ1) is 18.6. The van der Waals surface area contributed by atoms with Gasteiger partial charge in [0.2, 0.25) is 5.91 Å². The highest BCUT2D eigenvalue weighted by molar-refractivity contribution is 5.75. The molecule has 1 N–H and O–H groups in total. The van der Waals surface area contributed by atoms with Gasteiger partial charge >= 0.3 is 0 Å². The molecule has 1 aromatic heterocycles. The third-order valence-corrected chi connectivity index (χ3v) is 4.02. The molecule has 0 bridgehead atoms. The van der Waals surface area contributed by atoms with E-state index in [1.165, 1.54) is 23.0 Å². The number of carboxylic acid groups (broad SMARTS) is 1. The van der Waals surface area contributed by atoms with Crippen LogP contribution in [0.4, 0.5) is 0 Å². The zero-order valence-corrected chi connectivity index (χ0v) is 14.5. The topological polar surface area (TPSA) is 91.6 Å². The van der Waals surface area contributed by atoms with Crippen LogP contribution in [0.25, 0.3) is 0 Å². The van der Waals surface area contributed by atoms with Crippen LogP contribution in [0.15, 0.2) is 30.9 Å². The van der Waals surface area contributed by atoms with E-state index in [0.717, 1.165) is 13.1 Å². The van der Waals surface area contributed by atoms with Crippen molar-refractivity contribution >= 4 is 12.4 Å². The Morgan fingerprint density at radius 1 is 1.36 bits per heavy atom. The van der Waals surface area contributed by atoms with E-state index in [-0.39, 0.29) is 12.4 Å². The summed E-state index contributed by atoms with van der Waals surface area (Å²) in [4.78, 5) is 28.5. The zero-order chi connectivity index (χ0) is 18.2. The summed E-state index contributed by atoms with van der Waals surface area (Å²) in [5.41, 5.74) is 3.96. The zero-order valence-electron chi connectivity index (χ0n) is 14.5. The highest BCUT2D eigenvalue weighted by Crippen LogP contribution is 2.22. The molecule has 0 aliphatic carbocycles. The number of benzene rings is 1. The van der Waals surface area contributed by atoms with Crippen molar-refractivity contribution in [2.24, 2.45) is 0 Å². The van der Waals surface area contributed by atoms with Gasteiger partial charge in [0.05, 0.1) is 6.54 Å². The molecule has 0 fully saturated rings. The van der Waals surface area contributed by atoms with E-state index in [1.54, 1.807) is 15.9 Å². The average molecular weight is 345 g/mol. The van der Waals surface area contributed by atoms with E-state index >= 15 is 0 Å². The van der Waals surface area contributed by atoms with Crippen LogP contribution in [0.3, 0.4) is 0 Å². The molecule has 1 amide bonds. The maximum atomic E-state index is 12.2. The fraction of sp³-hybridized carbons (Fsp3) is 0.412. The second-order valence-corrected chi connectivity index (χ2v) is 6.04. The molecule has 1 aliphatic rings. The molecule has 8 heteroatoms. The average Bonchev–Trinajstić information content (AvgIpc) is 3.21. The number of rotatable bonds is 5. The molecule has 2 heterocycles. The van der Waals surface area contributed by atoms with E-state index in [0.29, 0.717) is 19.5 Å². The number of amides is 1. The molecule has 2 aromatic rings. The largest absolute Gasteiger partial charge is 0.483 e. The minimum absolute atomic E-state index is 0.119. The fourth-order valence-electron chi connectivity index (χ4n) is 2.83. The van der Waals surface area contributed by atoms with Gasteiger partial charge in [-0.1, -0.05) is 18.2 Å². The number of nitrogens with zero attached hydrogens (tertiary/aromatic N) is 5. The lowest BCUT2D eigenvalue weighted by atomic mass is 10.1. The SMILES string of the molecule is CN1Cc2ccc(CN(C)C(=O)CCn3cncn3)cc2C1.O=CO. The first-order chi connectivity index (χ1) is 12.0. The van der Waals surface area contributed by atoms with Crippen molar-refractivity contribution in [3.63, 3.8) is 0 Å². The lowest BCUT2D eigenvalue weighted by Crippen LogP contribution is -2.27. The molecule has 0 spiro atoms. The number of hydrogen-bond donors (Lipinski definition) is 1. The Hall–Kier alpha value is -2.74. The van der Waals surface area contributed by atoms with Gasteiger partial charge in [-0.3, -0.25) is 19.2 Å². The number of carbonyl (C=O) groups excluding carboxylic acids is 1. The van der Waals surface area contributed by atoms with Crippen LogP contribution in [0, 0.1) is 0 Å². The van der Waals surface area contributed by atoms with Crippen LogP contribution >= 0.6 is 0 Å². The first-order valence-corrected chi connectivity index (χ1v) is 7.97. The molecule has 0 saturated heterocycles. The van der Waals surface area contributed by atoms with Crippen molar-refractivity contribution in [2.75, 3.05) is 14.1 Å². The normalized spacial score (nSPS) is 12.9. The van der Waals surface area contributed by atoms with Gasteiger partial charge in [0.25, 0.3) is 6.47 Å². The summed E-state index contributed by atoms with van der Waals surface area (Å²) < 4.78 is 1.68. The summed E-state index contributed by atoms with van der Waals surface area (Å²) in [5.74, 6) is 0.119. The summed E-state index contributed by atoms with van der Waals surface area (Å²) in [5, 5.41) is 10.9. The van der Waals surface area contributed by atoms with Crippen molar-refractivity contribution < 1.29 is 14.7 Å². The fourth-order valence-corrected chi connectivity index (χ4v) is 2.83. The van der Waals surface area contributed by atoms with Gasteiger partial charge in [0, 0.05) is 33.1 Å². The highest BCUT2D eigenvalue weighted by atomic mass is 16.3. The number of carbonyl (C=O) groups is 2.